The van der Waals surface area contributed by atoms with Gasteiger partial charge in [0, 0.05) is 18.7 Å². The predicted molar refractivity (Wildman–Crippen MR) is 79.6 cm³/mol. The van der Waals surface area contributed by atoms with Gasteiger partial charge in [-0.15, -0.1) is 0 Å². The minimum atomic E-state index is -0.541. The summed E-state index contributed by atoms with van der Waals surface area (Å²) < 4.78 is 12.8. The van der Waals surface area contributed by atoms with Gasteiger partial charge in [-0.25, -0.2) is 4.39 Å². The minimum Gasteiger partial charge on any atom is -0.298 e. The van der Waals surface area contributed by atoms with Gasteiger partial charge in [-0.2, -0.15) is 5.26 Å². The lowest BCUT2D eigenvalue weighted by atomic mass is 10.1. The zero-order valence-corrected chi connectivity index (χ0v) is 11.7. The van der Waals surface area contributed by atoms with E-state index in [-0.39, 0.29) is 11.5 Å². The van der Waals surface area contributed by atoms with E-state index < -0.39 is 11.0 Å². The van der Waals surface area contributed by atoms with Crippen LogP contribution in [0.1, 0.15) is 17.2 Å². The van der Waals surface area contributed by atoms with Crippen molar-refractivity contribution >= 4 is 5.69 Å². The summed E-state index contributed by atoms with van der Waals surface area (Å²) in [5, 5.41) is 22.9. The molecule has 0 fully saturated rings. The maximum atomic E-state index is 12.8. The van der Waals surface area contributed by atoms with Crippen molar-refractivity contribution in [3.63, 3.8) is 0 Å². The Hall–Kier alpha value is -2.78. The molecule has 0 aliphatic carbocycles. The molecule has 0 radical (unpaired) electrons. The van der Waals surface area contributed by atoms with Crippen molar-refractivity contribution in [2.45, 2.75) is 12.5 Å². The zero-order valence-electron chi connectivity index (χ0n) is 11.7. The Kier molecular flexibility index (Phi) is 5.17. The van der Waals surface area contributed by atoms with Crippen molar-refractivity contribution in [2.24, 2.45) is 0 Å². The number of nitriles is 1. The molecule has 2 rings (SSSR count). The Morgan fingerprint density at radius 2 is 1.82 bits per heavy atom. The maximum absolute atomic E-state index is 12.8. The molecule has 0 spiro atoms. The van der Waals surface area contributed by atoms with Gasteiger partial charge in [0.05, 0.1) is 11.0 Å². The van der Waals surface area contributed by atoms with E-state index in [1.807, 2.05) is 0 Å². The summed E-state index contributed by atoms with van der Waals surface area (Å²) in [6, 6.07) is 13.7. The fourth-order valence-electron chi connectivity index (χ4n) is 2.04. The minimum absolute atomic E-state index is 0.00764. The van der Waals surface area contributed by atoms with E-state index in [4.69, 9.17) is 0 Å². The second-order valence-electron chi connectivity index (χ2n) is 4.74. The number of nitro groups is 1. The highest BCUT2D eigenvalue weighted by atomic mass is 19.1. The van der Waals surface area contributed by atoms with Crippen molar-refractivity contribution in [2.75, 3.05) is 6.54 Å². The van der Waals surface area contributed by atoms with Gasteiger partial charge in [0.1, 0.15) is 11.9 Å². The summed E-state index contributed by atoms with van der Waals surface area (Å²) in [6.45, 7) is 0.543. The van der Waals surface area contributed by atoms with Crippen molar-refractivity contribution in [3.8, 4) is 6.07 Å². The molecule has 2 aromatic rings. The molecule has 0 saturated heterocycles. The van der Waals surface area contributed by atoms with Gasteiger partial charge in [-0.05, 0) is 41.8 Å². The largest absolute Gasteiger partial charge is 0.298 e. The molecule has 0 aliphatic heterocycles. The van der Waals surface area contributed by atoms with Crippen LogP contribution in [0.5, 0.6) is 0 Å². The average molecular weight is 299 g/mol. The van der Waals surface area contributed by atoms with E-state index >= 15 is 0 Å². The van der Waals surface area contributed by atoms with Crippen LogP contribution in [0.15, 0.2) is 48.5 Å². The second kappa shape index (κ2) is 7.29. The first-order valence-corrected chi connectivity index (χ1v) is 6.72. The van der Waals surface area contributed by atoms with E-state index in [0.717, 1.165) is 5.56 Å². The SMILES string of the molecule is N#CC(NCCc1ccc(F)cc1)c1ccc([N+](=O)[O-])cc1. The number of hydrogen-bond acceptors (Lipinski definition) is 4. The molecule has 0 bridgehead atoms. The summed E-state index contributed by atoms with van der Waals surface area (Å²) in [6.07, 6.45) is 0.658. The monoisotopic (exact) mass is 299 g/mol. The molecule has 22 heavy (non-hydrogen) atoms. The molecule has 1 atom stereocenters. The number of nitrogens with one attached hydrogen (secondary N) is 1. The van der Waals surface area contributed by atoms with Crippen molar-refractivity contribution in [1.29, 1.82) is 5.26 Å². The topological polar surface area (TPSA) is 79.0 Å². The lowest BCUT2D eigenvalue weighted by Crippen LogP contribution is -2.22. The molecule has 0 saturated carbocycles. The van der Waals surface area contributed by atoms with Crippen LogP contribution in [0.25, 0.3) is 0 Å². The molecule has 0 heterocycles. The molecule has 2 aromatic carbocycles. The van der Waals surface area contributed by atoms with Gasteiger partial charge in [0.2, 0.25) is 0 Å². The number of nitrogens with zero attached hydrogens (tertiary/aromatic N) is 2. The predicted octanol–water partition coefficient (Wildman–Crippen LogP) is 3.13. The van der Waals surface area contributed by atoms with E-state index in [2.05, 4.69) is 11.4 Å². The lowest BCUT2D eigenvalue weighted by molar-refractivity contribution is -0.384. The van der Waals surface area contributed by atoms with Gasteiger partial charge < -0.3 is 0 Å². The van der Waals surface area contributed by atoms with Gasteiger partial charge in [-0.1, -0.05) is 12.1 Å². The molecule has 1 N–H and O–H groups in total. The highest BCUT2D eigenvalue weighted by Crippen LogP contribution is 2.17. The van der Waals surface area contributed by atoms with Crippen LogP contribution in [-0.2, 0) is 6.42 Å². The van der Waals surface area contributed by atoms with Gasteiger partial charge in [-0.3, -0.25) is 15.4 Å². The van der Waals surface area contributed by atoms with Crippen LogP contribution in [0.3, 0.4) is 0 Å². The third-order valence-corrected chi connectivity index (χ3v) is 3.24. The fraction of sp³-hybridized carbons (Fsp3) is 0.188. The van der Waals surface area contributed by atoms with Gasteiger partial charge >= 0.3 is 0 Å². The Bertz CT molecular complexity index is 678. The first kappa shape index (κ1) is 15.6. The summed E-state index contributed by atoms with van der Waals surface area (Å²) in [5.74, 6) is -0.280. The fourth-order valence-corrected chi connectivity index (χ4v) is 2.04. The molecule has 6 heteroatoms. The zero-order chi connectivity index (χ0) is 15.9. The van der Waals surface area contributed by atoms with Crippen LogP contribution in [-0.4, -0.2) is 11.5 Å². The third-order valence-electron chi connectivity index (χ3n) is 3.24. The maximum Gasteiger partial charge on any atom is 0.269 e. The smallest absolute Gasteiger partial charge is 0.269 e. The number of nitro benzene ring substituents is 1. The van der Waals surface area contributed by atoms with Crippen molar-refractivity contribution in [1.82, 2.24) is 5.32 Å². The Morgan fingerprint density at radius 3 is 2.36 bits per heavy atom. The summed E-state index contributed by atoms with van der Waals surface area (Å²) >= 11 is 0. The first-order valence-electron chi connectivity index (χ1n) is 6.72. The quantitative estimate of drug-likeness (QED) is 0.656. The molecule has 5 nitrogen and oxygen atoms in total. The Labute approximate surface area is 127 Å². The summed E-state index contributed by atoms with van der Waals surface area (Å²) in [5.41, 5.74) is 1.63. The molecular weight excluding hydrogens is 285 g/mol. The number of rotatable bonds is 6. The molecule has 112 valence electrons. The standard InChI is InChI=1S/C16H14FN3O2/c17-14-5-1-12(2-6-14)9-10-19-16(11-18)13-3-7-15(8-4-13)20(21)22/h1-8,16,19H,9-10H2. The summed E-state index contributed by atoms with van der Waals surface area (Å²) in [4.78, 5) is 10.1. The van der Waals surface area contributed by atoms with Gasteiger partial charge in [0.25, 0.3) is 5.69 Å². The van der Waals surface area contributed by atoms with Crippen LogP contribution in [0, 0.1) is 27.3 Å². The van der Waals surface area contributed by atoms with E-state index in [1.165, 1.54) is 24.3 Å². The van der Waals surface area contributed by atoms with E-state index in [0.29, 0.717) is 18.5 Å². The van der Waals surface area contributed by atoms with Crippen LogP contribution >= 0.6 is 0 Å². The number of hydrogen-bond donors (Lipinski definition) is 1. The lowest BCUT2D eigenvalue weighted by Gasteiger charge is -2.11. The first-order chi connectivity index (χ1) is 10.6. The van der Waals surface area contributed by atoms with Gasteiger partial charge in [0.15, 0.2) is 0 Å². The average Bonchev–Trinajstić information content (AvgIpc) is 2.53. The number of non-ortho nitro benzene ring substituents is 1. The summed E-state index contributed by atoms with van der Waals surface area (Å²) in [7, 11) is 0. The normalized spacial score (nSPS) is 11.6. The van der Waals surface area contributed by atoms with E-state index in [9.17, 15) is 19.8 Å². The van der Waals surface area contributed by atoms with Crippen LogP contribution < -0.4 is 5.32 Å². The molecule has 0 aromatic heterocycles. The van der Waals surface area contributed by atoms with Crippen LogP contribution in [0.4, 0.5) is 10.1 Å². The molecular formula is C16H14FN3O2. The molecule has 1 unspecified atom stereocenters. The second-order valence-corrected chi connectivity index (χ2v) is 4.74. The molecule has 0 amide bonds. The third kappa shape index (κ3) is 4.11. The number of benzene rings is 2. The Morgan fingerprint density at radius 1 is 1.18 bits per heavy atom. The Balaban J connectivity index is 1.93. The van der Waals surface area contributed by atoms with Crippen molar-refractivity contribution < 1.29 is 9.31 Å². The van der Waals surface area contributed by atoms with Crippen LogP contribution in [0.2, 0.25) is 0 Å². The highest BCUT2D eigenvalue weighted by molar-refractivity contribution is 5.35. The highest BCUT2D eigenvalue weighted by Gasteiger charge is 2.11. The van der Waals surface area contributed by atoms with Crippen molar-refractivity contribution in [3.05, 3.63) is 75.6 Å². The van der Waals surface area contributed by atoms with E-state index in [1.54, 1.807) is 24.3 Å². The molecule has 0 aliphatic rings. The number of halogens is 1.